The second-order valence-electron chi connectivity index (χ2n) is 7.70. The average molecular weight is 392 g/mol. The first-order valence-electron chi connectivity index (χ1n) is 9.40. The van der Waals surface area contributed by atoms with E-state index in [0.717, 1.165) is 28.7 Å². The van der Waals surface area contributed by atoms with Crippen LogP contribution in [0.4, 0.5) is 4.39 Å². The average Bonchev–Trinajstić information content (AvgIpc) is 2.86. The number of thioether (sulfide) groups is 1. The highest BCUT2D eigenvalue weighted by Crippen LogP contribution is 2.25. The minimum absolute atomic E-state index is 0.0440. The summed E-state index contributed by atoms with van der Waals surface area (Å²) in [5, 5.41) is 3.97. The number of rotatable bonds is 8. The van der Waals surface area contributed by atoms with Crippen LogP contribution < -0.4 is 5.32 Å². The zero-order valence-corrected chi connectivity index (χ0v) is 17.9. The lowest BCUT2D eigenvalue weighted by molar-refractivity contribution is -0.119. The number of hydrogen-bond donors (Lipinski definition) is 1. The number of aryl methyl sites for hydroxylation is 1. The smallest absolute Gasteiger partial charge is 0.230 e. The van der Waals surface area contributed by atoms with Crippen molar-refractivity contribution < 1.29 is 9.18 Å². The maximum atomic E-state index is 13.2. The molecule has 4 nitrogen and oxygen atoms in total. The Morgan fingerprint density at radius 2 is 1.81 bits per heavy atom. The topological polar surface area (TPSA) is 46.9 Å². The van der Waals surface area contributed by atoms with Gasteiger partial charge in [0.15, 0.2) is 5.16 Å². The number of nitrogens with zero attached hydrogens (tertiary/aromatic N) is 2. The SMILES string of the molecule is Cc1nc(SCC(=O)N[C@H](c2ccc(F)cc2)C(C)C)n(CC(C)C)c1C. The number of nitrogens with one attached hydrogen (secondary N) is 1. The molecule has 0 aliphatic rings. The highest BCUT2D eigenvalue weighted by atomic mass is 32.2. The van der Waals surface area contributed by atoms with E-state index in [0.29, 0.717) is 11.7 Å². The van der Waals surface area contributed by atoms with Crippen molar-refractivity contribution >= 4 is 17.7 Å². The summed E-state index contributed by atoms with van der Waals surface area (Å²) in [5.74, 6) is 0.702. The molecule has 2 aromatic rings. The van der Waals surface area contributed by atoms with Crippen LogP contribution in [0.5, 0.6) is 0 Å². The van der Waals surface area contributed by atoms with Gasteiger partial charge in [0.25, 0.3) is 0 Å². The van der Waals surface area contributed by atoms with Gasteiger partial charge in [0, 0.05) is 12.2 Å². The Morgan fingerprint density at radius 1 is 1.19 bits per heavy atom. The van der Waals surface area contributed by atoms with E-state index in [4.69, 9.17) is 0 Å². The lowest BCUT2D eigenvalue weighted by Crippen LogP contribution is -2.33. The molecule has 0 aliphatic carbocycles. The third-order valence-electron chi connectivity index (χ3n) is 4.52. The normalized spacial score (nSPS) is 12.6. The molecule has 1 aromatic heterocycles. The summed E-state index contributed by atoms with van der Waals surface area (Å²) in [6, 6.07) is 6.18. The van der Waals surface area contributed by atoms with E-state index in [1.807, 2.05) is 20.8 Å². The Morgan fingerprint density at radius 3 is 2.37 bits per heavy atom. The van der Waals surface area contributed by atoms with Crippen LogP contribution in [-0.4, -0.2) is 21.2 Å². The Labute approximate surface area is 166 Å². The van der Waals surface area contributed by atoms with Gasteiger partial charge in [0.1, 0.15) is 5.82 Å². The second-order valence-corrected chi connectivity index (χ2v) is 8.64. The molecular formula is C21H30FN3OS. The summed E-state index contributed by atoms with van der Waals surface area (Å²) in [7, 11) is 0. The molecule has 0 aliphatic heterocycles. The minimum Gasteiger partial charge on any atom is -0.348 e. The molecule has 0 fully saturated rings. The van der Waals surface area contributed by atoms with E-state index in [1.165, 1.54) is 23.9 Å². The molecule has 6 heteroatoms. The molecule has 1 atom stereocenters. The van der Waals surface area contributed by atoms with Gasteiger partial charge in [-0.2, -0.15) is 0 Å². The standard InChI is InChI=1S/C21H30FN3OS/c1-13(2)11-25-16(6)15(5)23-21(25)27-12-19(26)24-20(14(3)4)17-7-9-18(22)10-8-17/h7-10,13-14,20H,11-12H2,1-6H3,(H,24,26)/t20-/m0/s1. The third kappa shape index (κ3) is 5.83. The van der Waals surface area contributed by atoms with Gasteiger partial charge in [-0.1, -0.05) is 51.6 Å². The predicted molar refractivity (Wildman–Crippen MR) is 109 cm³/mol. The van der Waals surface area contributed by atoms with E-state index in [1.54, 1.807) is 12.1 Å². The van der Waals surface area contributed by atoms with E-state index in [9.17, 15) is 9.18 Å². The monoisotopic (exact) mass is 391 g/mol. The Bertz CT molecular complexity index is 768. The number of imidazole rings is 1. The van der Waals surface area contributed by atoms with Crippen molar-refractivity contribution in [2.24, 2.45) is 11.8 Å². The molecule has 0 bridgehead atoms. The maximum Gasteiger partial charge on any atom is 0.230 e. The number of halogens is 1. The van der Waals surface area contributed by atoms with Gasteiger partial charge >= 0.3 is 0 Å². The van der Waals surface area contributed by atoms with Gasteiger partial charge in [-0.15, -0.1) is 0 Å². The Kier molecular flexibility index (Phi) is 7.48. The second kappa shape index (κ2) is 9.40. The molecular weight excluding hydrogens is 361 g/mol. The number of benzene rings is 1. The Hall–Kier alpha value is -1.82. The van der Waals surface area contributed by atoms with Crippen LogP contribution in [0.3, 0.4) is 0 Å². The molecule has 0 radical (unpaired) electrons. The van der Waals surface area contributed by atoms with Gasteiger partial charge < -0.3 is 9.88 Å². The molecule has 0 unspecified atom stereocenters. The van der Waals surface area contributed by atoms with Gasteiger partial charge in [-0.05, 0) is 43.4 Å². The molecule has 0 saturated carbocycles. The highest BCUT2D eigenvalue weighted by molar-refractivity contribution is 7.99. The number of carbonyl (C=O) groups is 1. The van der Waals surface area contributed by atoms with E-state index in [-0.39, 0.29) is 23.7 Å². The van der Waals surface area contributed by atoms with Crippen LogP contribution in [0.25, 0.3) is 0 Å². The molecule has 1 amide bonds. The van der Waals surface area contributed by atoms with Gasteiger partial charge in [0.2, 0.25) is 5.91 Å². The van der Waals surface area contributed by atoms with Gasteiger partial charge in [-0.25, -0.2) is 9.37 Å². The fraction of sp³-hybridized carbons (Fsp3) is 0.524. The first-order valence-corrected chi connectivity index (χ1v) is 10.4. The van der Waals surface area contributed by atoms with E-state index < -0.39 is 0 Å². The van der Waals surface area contributed by atoms with E-state index >= 15 is 0 Å². The van der Waals surface area contributed by atoms with E-state index in [2.05, 4.69) is 35.6 Å². The fourth-order valence-electron chi connectivity index (χ4n) is 2.96. The minimum atomic E-state index is -0.272. The molecule has 2 rings (SSSR count). The van der Waals surface area contributed by atoms with Crippen LogP contribution in [0.1, 0.15) is 50.7 Å². The van der Waals surface area contributed by atoms with Crippen molar-refractivity contribution in [1.82, 2.24) is 14.9 Å². The summed E-state index contributed by atoms with van der Waals surface area (Å²) in [4.78, 5) is 17.2. The predicted octanol–water partition coefficient (Wildman–Crippen LogP) is 4.90. The zero-order valence-electron chi connectivity index (χ0n) is 17.0. The van der Waals surface area contributed by atoms with Crippen LogP contribution in [0, 0.1) is 31.5 Å². The van der Waals surface area contributed by atoms with Gasteiger partial charge in [-0.3, -0.25) is 4.79 Å². The third-order valence-corrected chi connectivity index (χ3v) is 5.49. The van der Waals surface area contributed by atoms with Crippen LogP contribution in [-0.2, 0) is 11.3 Å². The first kappa shape index (κ1) is 21.5. The van der Waals surface area contributed by atoms with Crippen LogP contribution in [0.2, 0.25) is 0 Å². The number of aromatic nitrogens is 2. The molecule has 0 spiro atoms. The molecule has 0 saturated heterocycles. The quantitative estimate of drug-likeness (QED) is 0.651. The van der Waals surface area contributed by atoms with Crippen molar-refractivity contribution in [1.29, 1.82) is 0 Å². The fourth-order valence-corrected chi connectivity index (χ4v) is 3.88. The molecule has 1 aromatic carbocycles. The van der Waals surface area contributed by atoms with Crippen molar-refractivity contribution in [3.05, 3.63) is 47.0 Å². The summed E-state index contributed by atoms with van der Waals surface area (Å²) in [5.41, 5.74) is 3.07. The summed E-state index contributed by atoms with van der Waals surface area (Å²) in [6.45, 7) is 13.4. The highest BCUT2D eigenvalue weighted by Gasteiger charge is 2.20. The molecule has 1 N–H and O–H groups in total. The number of carbonyl (C=O) groups excluding carboxylic acids is 1. The Balaban J connectivity index is 2.04. The number of hydrogen-bond acceptors (Lipinski definition) is 3. The first-order chi connectivity index (χ1) is 12.7. The van der Waals surface area contributed by atoms with Crippen LogP contribution in [0.15, 0.2) is 29.4 Å². The lowest BCUT2D eigenvalue weighted by atomic mass is 9.96. The van der Waals surface area contributed by atoms with Crippen LogP contribution >= 0.6 is 11.8 Å². The van der Waals surface area contributed by atoms with Crippen molar-refractivity contribution in [3.8, 4) is 0 Å². The molecule has 1 heterocycles. The number of amides is 1. The summed E-state index contributed by atoms with van der Waals surface area (Å²) < 4.78 is 15.4. The van der Waals surface area contributed by atoms with Gasteiger partial charge in [0.05, 0.1) is 17.5 Å². The lowest BCUT2D eigenvalue weighted by Gasteiger charge is -2.23. The maximum absolute atomic E-state index is 13.2. The van der Waals surface area contributed by atoms with Crippen molar-refractivity contribution in [3.63, 3.8) is 0 Å². The van der Waals surface area contributed by atoms with Crippen molar-refractivity contribution in [2.45, 2.75) is 59.3 Å². The summed E-state index contributed by atoms with van der Waals surface area (Å²) in [6.07, 6.45) is 0. The summed E-state index contributed by atoms with van der Waals surface area (Å²) >= 11 is 1.46. The molecule has 27 heavy (non-hydrogen) atoms. The molecule has 148 valence electrons. The van der Waals surface area contributed by atoms with Crippen molar-refractivity contribution in [2.75, 3.05) is 5.75 Å². The largest absolute Gasteiger partial charge is 0.348 e. The zero-order chi connectivity index (χ0) is 20.1.